The molecule has 0 aromatic heterocycles. The fourth-order valence-electron chi connectivity index (χ4n) is 4.68. The van der Waals surface area contributed by atoms with E-state index < -0.39 is 5.91 Å². The zero-order valence-electron chi connectivity index (χ0n) is 20.5. The Labute approximate surface area is 206 Å². The minimum atomic E-state index is -0.475. The lowest BCUT2D eigenvalue weighted by atomic mass is 9.88. The zero-order valence-corrected chi connectivity index (χ0v) is 20.5. The Morgan fingerprint density at radius 3 is 2.37 bits per heavy atom. The first-order valence-corrected chi connectivity index (χ1v) is 12.0. The summed E-state index contributed by atoms with van der Waals surface area (Å²) in [5.74, 6) is 0.319. The first-order chi connectivity index (χ1) is 16.9. The molecule has 0 bridgehead atoms. The monoisotopic (exact) mass is 470 g/mol. The van der Waals surface area contributed by atoms with Crippen LogP contribution < -0.4 is 9.47 Å². The highest BCUT2D eigenvalue weighted by molar-refractivity contribution is 6.19. The highest BCUT2D eigenvalue weighted by Gasteiger charge is 2.39. The van der Waals surface area contributed by atoms with Crippen molar-refractivity contribution < 1.29 is 19.1 Å². The van der Waals surface area contributed by atoms with Crippen molar-refractivity contribution in [1.82, 2.24) is 4.90 Å². The third-order valence-electron chi connectivity index (χ3n) is 6.73. The van der Waals surface area contributed by atoms with Crippen LogP contribution in [0.2, 0.25) is 0 Å². The standard InChI is InChI=1S/C29H30N2O4/c1-19-9-11-21(12-10-19)18-35-26-14-13-22(16-27(26)34-3)15-24-20(2)25(17-30)29(33)31(28(24)32)23-7-5-4-6-8-23/h9-16,23H,4-8,18H2,1-3H3/b24-15+. The lowest BCUT2D eigenvalue weighted by Gasteiger charge is -2.36. The summed E-state index contributed by atoms with van der Waals surface area (Å²) >= 11 is 0. The van der Waals surface area contributed by atoms with E-state index >= 15 is 0 Å². The van der Waals surface area contributed by atoms with Gasteiger partial charge in [-0.2, -0.15) is 5.26 Å². The molecule has 1 aliphatic carbocycles. The van der Waals surface area contributed by atoms with Gasteiger partial charge in [0.25, 0.3) is 11.8 Å². The number of imide groups is 1. The Morgan fingerprint density at radius 1 is 1.00 bits per heavy atom. The van der Waals surface area contributed by atoms with Crippen molar-refractivity contribution in [1.29, 1.82) is 5.26 Å². The van der Waals surface area contributed by atoms with Gasteiger partial charge in [-0.15, -0.1) is 0 Å². The molecule has 2 amide bonds. The van der Waals surface area contributed by atoms with Gasteiger partial charge in [-0.1, -0.05) is 55.2 Å². The first kappa shape index (κ1) is 24.3. The van der Waals surface area contributed by atoms with Crippen molar-refractivity contribution in [2.75, 3.05) is 7.11 Å². The summed E-state index contributed by atoms with van der Waals surface area (Å²) < 4.78 is 11.5. The predicted octanol–water partition coefficient (Wildman–Crippen LogP) is 5.51. The van der Waals surface area contributed by atoms with Crippen molar-refractivity contribution >= 4 is 17.9 Å². The normalized spacial score (nSPS) is 18.1. The number of amides is 2. The molecule has 1 saturated carbocycles. The summed E-state index contributed by atoms with van der Waals surface area (Å²) in [6.45, 7) is 4.11. The summed E-state index contributed by atoms with van der Waals surface area (Å²) in [6.07, 6.45) is 6.35. The highest BCUT2D eigenvalue weighted by Crippen LogP contribution is 2.34. The maximum atomic E-state index is 13.5. The molecule has 6 heteroatoms. The van der Waals surface area contributed by atoms with Gasteiger partial charge in [0.2, 0.25) is 0 Å². The molecular weight excluding hydrogens is 440 g/mol. The molecule has 35 heavy (non-hydrogen) atoms. The molecule has 0 unspecified atom stereocenters. The van der Waals surface area contributed by atoms with Gasteiger partial charge in [0.05, 0.1) is 7.11 Å². The van der Waals surface area contributed by atoms with Gasteiger partial charge in [0.1, 0.15) is 18.2 Å². The van der Waals surface area contributed by atoms with E-state index in [9.17, 15) is 14.9 Å². The SMILES string of the molecule is COc1cc(/C=C2/C(=O)N(C3CCCCC3)C(=O)C(C#N)=C2C)ccc1OCc1ccc(C)cc1. The molecular formula is C29H30N2O4. The van der Waals surface area contributed by atoms with E-state index in [4.69, 9.17) is 9.47 Å². The average molecular weight is 471 g/mol. The topological polar surface area (TPSA) is 79.6 Å². The number of hydrogen-bond acceptors (Lipinski definition) is 5. The molecule has 1 aliphatic heterocycles. The van der Waals surface area contributed by atoms with E-state index in [0.29, 0.717) is 29.3 Å². The zero-order chi connectivity index (χ0) is 24.9. The molecule has 2 aromatic carbocycles. The molecule has 2 aliphatic rings. The van der Waals surface area contributed by atoms with Crippen molar-refractivity contribution in [3.63, 3.8) is 0 Å². The number of nitriles is 1. The van der Waals surface area contributed by atoms with Gasteiger partial charge in [-0.25, -0.2) is 0 Å². The van der Waals surface area contributed by atoms with E-state index in [2.05, 4.69) is 0 Å². The van der Waals surface area contributed by atoms with Crippen LogP contribution in [0.25, 0.3) is 6.08 Å². The second-order valence-electron chi connectivity index (χ2n) is 9.13. The van der Waals surface area contributed by atoms with Crippen LogP contribution in [0.5, 0.6) is 11.5 Å². The van der Waals surface area contributed by atoms with Crippen LogP contribution in [-0.2, 0) is 16.2 Å². The van der Waals surface area contributed by atoms with Gasteiger partial charge in [0, 0.05) is 11.6 Å². The number of hydrogen-bond donors (Lipinski definition) is 0. The van der Waals surface area contributed by atoms with Crippen molar-refractivity contribution in [3.8, 4) is 17.6 Å². The Hall–Kier alpha value is -3.85. The highest BCUT2D eigenvalue weighted by atomic mass is 16.5. The second-order valence-corrected chi connectivity index (χ2v) is 9.13. The van der Waals surface area contributed by atoms with Gasteiger partial charge in [-0.3, -0.25) is 14.5 Å². The van der Waals surface area contributed by atoms with Gasteiger partial charge in [0.15, 0.2) is 11.5 Å². The molecule has 0 spiro atoms. The fourth-order valence-corrected chi connectivity index (χ4v) is 4.68. The van der Waals surface area contributed by atoms with E-state index in [0.717, 1.165) is 43.2 Å². The Balaban J connectivity index is 1.63. The van der Waals surface area contributed by atoms with Crippen molar-refractivity contribution in [2.45, 2.75) is 58.6 Å². The average Bonchev–Trinajstić information content (AvgIpc) is 2.87. The quantitative estimate of drug-likeness (QED) is 0.411. The smallest absolute Gasteiger partial charge is 0.271 e. The van der Waals surface area contributed by atoms with Crippen LogP contribution in [0.15, 0.2) is 59.2 Å². The number of nitrogens with zero attached hydrogens (tertiary/aromatic N) is 2. The molecule has 1 heterocycles. The Kier molecular flexibility index (Phi) is 7.36. The molecule has 0 atom stereocenters. The molecule has 0 saturated heterocycles. The number of carbonyl (C=O) groups is 2. The lowest BCUT2D eigenvalue weighted by Crippen LogP contribution is -2.49. The maximum Gasteiger partial charge on any atom is 0.271 e. The molecule has 4 rings (SSSR count). The molecule has 1 fully saturated rings. The molecule has 6 nitrogen and oxygen atoms in total. The first-order valence-electron chi connectivity index (χ1n) is 12.0. The number of benzene rings is 2. The van der Waals surface area contributed by atoms with E-state index in [-0.39, 0.29) is 17.5 Å². The number of aryl methyl sites for hydroxylation is 1. The van der Waals surface area contributed by atoms with Crippen LogP contribution >= 0.6 is 0 Å². The van der Waals surface area contributed by atoms with Crippen LogP contribution in [0.4, 0.5) is 0 Å². The molecule has 0 N–H and O–H groups in total. The predicted molar refractivity (Wildman–Crippen MR) is 134 cm³/mol. The third kappa shape index (κ3) is 5.14. The number of rotatable bonds is 6. The minimum Gasteiger partial charge on any atom is -0.493 e. The largest absolute Gasteiger partial charge is 0.493 e. The van der Waals surface area contributed by atoms with Crippen LogP contribution in [0.3, 0.4) is 0 Å². The summed E-state index contributed by atoms with van der Waals surface area (Å²) in [7, 11) is 1.57. The van der Waals surface area contributed by atoms with Crippen LogP contribution in [0.1, 0.15) is 55.7 Å². The van der Waals surface area contributed by atoms with Crippen molar-refractivity contribution in [2.24, 2.45) is 0 Å². The third-order valence-corrected chi connectivity index (χ3v) is 6.73. The van der Waals surface area contributed by atoms with Gasteiger partial charge >= 0.3 is 0 Å². The minimum absolute atomic E-state index is 0.0337. The fraction of sp³-hybridized carbons (Fsp3) is 0.345. The van der Waals surface area contributed by atoms with Crippen molar-refractivity contribution in [3.05, 3.63) is 75.9 Å². The maximum absolute atomic E-state index is 13.5. The summed E-state index contributed by atoms with van der Waals surface area (Å²) in [5, 5.41) is 9.67. The van der Waals surface area contributed by atoms with Crippen LogP contribution in [-0.4, -0.2) is 29.9 Å². The van der Waals surface area contributed by atoms with E-state index in [1.165, 1.54) is 10.5 Å². The van der Waals surface area contributed by atoms with Crippen LogP contribution in [0, 0.1) is 18.3 Å². The number of ether oxygens (including phenoxy) is 2. The molecule has 0 radical (unpaired) electrons. The van der Waals surface area contributed by atoms with Gasteiger partial charge in [-0.05, 0) is 61.6 Å². The summed E-state index contributed by atoms with van der Waals surface area (Å²) in [6, 6.07) is 15.4. The second kappa shape index (κ2) is 10.6. The molecule has 180 valence electrons. The van der Waals surface area contributed by atoms with E-state index in [1.54, 1.807) is 32.2 Å². The Morgan fingerprint density at radius 2 is 1.71 bits per heavy atom. The summed E-state index contributed by atoms with van der Waals surface area (Å²) in [5.41, 5.74) is 3.77. The van der Waals surface area contributed by atoms with E-state index in [1.807, 2.05) is 43.3 Å². The number of carbonyl (C=O) groups excluding carboxylic acids is 2. The summed E-state index contributed by atoms with van der Waals surface area (Å²) in [4.78, 5) is 27.8. The lowest BCUT2D eigenvalue weighted by molar-refractivity contribution is -0.143. The Bertz CT molecular complexity index is 1230. The van der Waals surface area contributed by atoms with Gasteiger partial charge < -0.3 is 9.47 Å². The molecule has 2 aromatic rings. The number of methoxy groups -OCH3 is 1.